The lowest BCUT2D eigenvalue weighted by atomic mass is 10.2. The summed E-state index contributed by atoms with van der Waals surface area (Å²) in [5.41, 5.74) is 8.06. The van der Waals surface area contributed by atoms with Crippen molar-refractivity contribution in [2.75, 3.05) is 6.61 Å². The molecule has 0 unspecified atom stereocenters. The summed E-state index contributed by atoms with van der Waals surface area (Å²) in [5.74, 6) is 0.860. The van der Waals surface area contributed by atoms with Crippen molar-refractivity contribution >= 4 is 15.9 Å². The molecule has 1 aliphatic carbocycles. The summed E-state index contributed by atoms with van der Waals surface area (Å²) in [7, 11) is 0. The molecular formula is C14H11BrO. The van der Waals surface area contributed by atoms with Crippen LogP contribution in [0.1, 0.15) is 5.56 Å². The Hall–Kier alpha value is -1.46. The topological polar surface area (TPSA) is 9.23 Å². The van der Waals surface area contributed by atoms with Gasteiger partial charge in [-0.3, -0.25) is 0 Å². The summed E-state index contributed by atoms with van der Waals surface area (Å²) in [6, 6.07) is 6.05. The molecule has 0 heterocycles. The SMILES string of the molecule is Cc1ccc(OCC2=CC=C=C=C2)c(Br)c1. The van der Waals surface area contributed by atoms with Crippen molar-refractivity contribution in [1.29, 1.82) is 0 Å². The summed E-state index contributed by atoms with van der Waals surface area (Å²) >= 11 is 3.48. The van der Waals surface area contributed by atoms with Crippen molar-refractivity contribution < 1.29 is 4.74 Å². The van der Waals surface area contributed by atoms with Gasteiger partial charge in [-0.25, -0.2) is 0 Å². The lowest BCUT2D eigenvalue weighted by Crippen LogP contribution is -2.00. The van der Waals surface area contributed by atoms with E-state index in [2.05, 4.69) is 34.3 Å². The van der Waals surface area contributed by atoms with Gasteiger partial charge in [-0.1, -0.05) is 17.5 Å². The predicted molar refractivity (Wildman–Crippen MR) is 68.6 cm³/mol. The van der Waals surface area contributed by atoms with Crippen LogP contribution in [-0.4, -0.2) is 6.61 Å². The predicted octanol–water partition coefficient (Wildman–Crippen LogP) is 3.94. The van der Waals surface area contributed by atoms with Crippen molar-refractivity contribution in [1.82, 2.24) is 0 Å². The number of halogens is 1. The van der Waals surface area contributed by atoms with Crippen molar-refractivity contribution in [3.05, 3.63) is 63.5 Å². The third kappa shape index (κ3) is 2.77. The Morgan fingerprint density at radius 3 is 2.88 bits per heavy atom. The summed E-state index contributed by atoms with van der Waals surface area (Å²) < 4.78 is 6.68. The standard InChI is InChI=1S/C14H11BrO/c1-11-7-8-14(13(15)9-11)16-10-12-5-3-2-4-6-12/h3,5-9H,10H2,1H3. The zero-order valence-electron chi connectivity index (χ0n) is 8.96. The number of hydrogen-bond acceptors (Lipinski definition) is 1. The number of rotatable bonds is 3. The van der Waals surface area contributed by atoms with Crippen LogP contribution in [0.5, 0.6) is 5.75 Å². The first-order valence-electron chi connectivity index (χ1n) is 5.01. The van der Waals surface area contributed by atoms with Gasteiger partial charge >= 0.3 is 0 Å². The number of hydrogen-bond donors (Lipinski definition) is 0. The Morgan fingerprint density at radius 1 is 1.31 bits per heavy atom. The van der Waals surface area contributed by atoms with E-state index in [9.17, 15) is 0 Å². The van der Waals surface area contributed by atoms with Crippen LogP contribution in [0.25, 0.3) is 0 Å². The molecule has 1 nitrogen and oxygen atoms in total. The normalized spacial score (nSPS) is 12.8. The number of aryl methyl sites for hydroxylation is 1. The highest BCUT2D eigenvalue weighted by Gasteiger charge is 2.02. The van der Waals surface area contributed by atoms with E-state index >= 15 is 0 Å². The second-order valence-electron chi connectivity index (χ2n) is 3.56. The zero-order chi connectivity index (χ0) is 11.4. The van der Waals surface area contributed by atoms with Gasteiger partial charge in [0.15, 0.2) is 0 Å². The minimum atomic E-state index is 0.548. The fraction of sp³-hybridized carbons (Fsp3) is 0.143. The number of allylic oxidation sites excluding steroid dienone is 2. The highest BCUT2D eigenvalue weighted by molar-refractivity contribution is 9.10. The Labute approximate surface area is 104 Å². The van der Waals surface area contributed by atoms with Crippen LogP contribution in [0.2, 0.25) is 0 Å². The minimum Gasteiger partial charge on any atom is -0.488 e. The second kappa shape index (κ2) is 5.05. The summed E-state index contributed by atoms with van der Waals surface area (Å²) in [4.78, 5) is 0. The molecule has 0 atom stereocenters. The van der Waals surface area contributed by atoms with Gasteiger partial charge < -0.3 is 4.74 Å². The highest BCUT2D eigenvalue weighted by atomic mass is 79.9. The second-order valence-corrected chi connectivity index (χ2v) is 4.42. The maximum atomic E-state index is 5.70. The van der Waals surface area contributed by atoms with Crippen LogP contribution >= 0.6 is 15.9 Å². The maximum absolute atomic E-state index is 5.70. The molecule has 0 N–H and O–H groups in total. The molecule has 2 rings (SSSR count). The van der Waals surface area contributed by atoms with Gasteiger partial charge in [0.05, 0.1) is 4.47 Å². The molecule has 0 radical (unpaired) electrons. The van der Waals surface area contributed by atoms with Crippen molar-refractivity contribution in [3.8, 4) is 5.75 Å². The first-order valence-corrected chi connectivity index (χ1v) is 5.80. The Morgan fingerprint density at radius 2 is 2.19 bits per heavy atom. The molecule has 0 fully saturated rings. The van der Waals surface area contributed by atoms with Gasteiger partial charge in [0.2, 0.25) is 0 Å². The van der Waals surface area contributed by atoms with Crippen LogP contribution < -0.4 is 4.74 Å². The molecular weight excluding hydrogens is 264 g/mol. The quantitative estimate of drug-likeness (QED) is 0.759. The molecule has 0 bridgehead atoms. The third-order valence-corrected chi connectivity index (χ3v) is 2.82. The first-order chi connectivity index (χ1) is 7.75. The van der Waals surface area contributed by atoms with E-state index < -0.39 is 0 Å². The van der Waals surface area contributed by atoms with E-state index in [1.165, 1.54) is 5.56 Å². The molecule has 1 aromatic rings. The number of ether oxygens (including phenoxy) is 1. The summed E-state index contributed by atoms with van der Waals surface area (Å²) in [6.45, 7) is 2.60. The average molecular weight is 275 g/mol. The summed E-state index contributed by atoms with van der Waals surface area (Å²) in [5, 5.41) is 0. The van der Waals surface area contributed by atoms with E-state index in [1.54, 1.807) is 0 Å². The summed E-state index contributed by atoms with van der Waals surface area (Å²) in [6.07, 6.45) is 5.68. The van der Waals surface area contributed by atoms with E-state index in [4.69, 9.17) is 4.74 Å². The van der Waals surface area contributed by atoms with E-state index in [0.29, 0.717) is 6.61 Å². The molecule has 1 aromatic carbocycles. The fourth-order valence-corrected chi connectivity index (χ4v) is 1.96. The molecule has 0 saturated carbocycles. The molecule has 16 heavy (non-hydrogen) atoms. The largest absolute Gasteiger partial charge is 0.488 e. The van der Waals surface area contributed by atoms with Crippen LogP contribution in [0.15, 0.2) is 57.9 Å². The number of benzene rings is 1. The molecule has 80 valence electrons. The monoisotopic (exact) mass is 274 g/mol. The third-order valence-electron chi connectivity index (χ3n) is 2.20. The molecule has 1 aliphatic rings. The van der Waals surface area contributed by atoms with Crippen LogP contribution in [0.3, 0.4) is 0 Å². The van der Waals surface area contributed by atoms with Crippen LogP contribution in [-0.2, 0) is 0 Å². The minimum absolute atomic E-state index is 0.548. The van der Waals surface area contributed by atoms with E-state index in [-0.39, 0.29) is 0 Å². The molecule has 0 saturated heterocycles. The lowest BCUT2D eigenvalue weighted by molar-refractivity contribution is 0.353. The maximum Gasteiger partial charge on any atom is 0.134 e. The van der Waals surface area contributed by atoms with Gasteiger partial charge in [-0.15, -0.1) is 0 Å². The van der Waals surface area contributed by atoms with Gasteiger partial charge in [0.1, 0.15) is 12.4 Å². The molecule has 2 heteroatoms. The van der Waals surface area contributed by atoms with Crippen LogP contribution in [0.4, 0.5) is 0 Å². The van der Waals surface area contributed by atoms with Gasteiger partial charge in [-0.2, -0.15) is 0 Å². The average Bonchev–Trinajstić information content (AvgIpc) is 2.29. The Bertz CT molecular complexity index is 528. The van der Waals surface area contributed by atoms with E-state index in [0.717, 1.165) is 15.8 Å². The molecule has 0 aromatic heterocycles. The smallest absolute Gasteiger partial charge is 0.134 e. The van der Waals surface area contributed by atoms with Gasteiger partial charge in [0, 0.05) is 0 Å². The molecule has 0 spiro atoms. The lowest BCUT2D eigenvalue weighted by Gasteiger charge is -2.09. The molecule has 0 aliphatic heterocycles. The van der Waals surface area contributed by atoms with Gasteiger partial charge in [0.25, 0.3) is 0 Å². The van der Waals surface area contributed by atoms with Crippen molar-refractivity contribution in [3.63, 3.8) is 0 Å². The first kappa shape index (κ1) is 11.0. The van der Waals surface area contributed by atoms with E-state index in [1.807, 2.05) is 36.4 Å². The van der Waals surface area contributed by atoms with Crippen molar-refractivity contribution in [2.45, 2.75) is 6.92 Å². The molecule has 0 amide bonds. The Kier molecular flexibility index (Phi) is 3.48. The fourth-order valence-electron chi connectivity index (χ4n) is 1.35. The Balaban J connectivity index is 2.03. The zero-order valence-corrected chi connectivity index (χ0v) is 10.5. The van der Waals surface area contributed by atoms with Crippen molar-refractivity contribution in [2.24, 2.45) is 0 Å². The van der Waals surface area contributed by atoms with Gasteiger partial charge in [-0.05, 0) is 64.4 Å². The van der Waals surface area contributed by atoms with Crippen LogP contribution in [0, 0.1) is 6.92 Å². The highest BCUT2D eigenvalue weighted by Crippen LogP contribution is 2.26.